The van der Waals surface area contributed by atoms with Crippen molar-refractivity contribution in [1.29, 1.82) is 0 Å². The molecule has 32 heavy (non-hydrogen) atoms. The number of carbonyl (C=O) groups excluding carboxylic acids is 2. The van der Waals surface area contributed by atoms with Crippen molar-refractivity contribution in [2.75, 3.05) is 13.6 Å². The SMILES string of the molecule is CN(C(=O)Cn1c(CCNC(=O)Cc2ccccc2)nc2ccccc21)C1CCCCC1. The maximum atomic E-state index is 13.1. The van der Waals surface area contributed by atoms with E-state index in [1.54, 1.807) is 0 Å². The maximum Gasteiger partial charge on any atom is 0.242 e. The molecule has 3 aromatic rings. The number of para-hydroxylation sites is 2. The van der Waals surface area contributed by atoms with Crippen LogP contribution in [0.25, 0.3) is 11.0 Å². The van der Waals surface area contributed by atoms with Gasteiger partial charge in [-0.2, -0.15) is 0 Å². The fourth-order valence-electron chi connectivity index (χ4n) is 4.57. The molecular weight excluding hydrogens is 400 g/mol. The van der Waals surface area contributed by atoms with Gasteiger partial charge in [-0.1, -0.05) is 61.7 Å². The van der Waals surface area contributed by atoms with E-state index in [0.29, 0.717) is 25.4 Å². The average molecular weight is 433 g/mol. The van der Waals surface area contributed by atoms with E-state index in [2.05, 4.69) is 5.32 Å². The van der Waals surface area contributed by atoms with Crippen molar-refractivity contribution in [3.8, 4) is 0 Å². The standard InChI is InChI=1S/C26H32N4O2/c1-29(21-12-6-3-7-13-21)26(32)19-30-23-15-9-8-14-22(23)28-24(30)16-17-27-25(31)18-20-10-4-2-5-11-20/h2,4-5,8-11,14-15,21H,3,6-7,12-13,16-19H2,1H3,(H,27,31). The Balaban J connectivity index is 1.42. The first kappa shape index (κ1) is 22.1. The van der Waals surface area contributed by atoms with Crippen LogP contribution in [-0.4, -0.2) is 45.9 Å². The van der Waals surface area contributed by atoms with Gasteiger partial charge in [0.2, 0.25) is 11.8 Å². The fourth-order valence-corrected chi connectivity index (χ4v) is 4.57. The van der Waals surface area contributed by atoms with E-state index in [1.807, 2.05) is 71.1 Å². The van der Waals surface area contributed by atoms with Gasteiger partial charge in [-0.25, -0.2) is 4.98 Å². The van der Waals surface area contributed by atoms with Gasteiger partial charge in [0.15, 0.2) is 0 Å². The number of fused-ring (bicyclic) bond motifs is 1. The van der Waals surface area contributed by atoms with Gasteiger partial charge in [0.25, 0.3) is 0 Å². The molecule has 1 aliphatic carbocycles. The summed E-state index contributed by atoms with van der Waals surface area (Å²) in [5, 5.41) is 2.99. The molecule has 0 atom stereocenters. The number of benzene rings is 2. The van der Waals surface area contributed by atoms with E-state index >= 15 is 0 Å². The van der Waals surface area contributed by atoms with Gasteiger partial charge in [-0.05, 0) is 30.5 Å². The van der Waals surface area contributed by atoms with Crippen LogP contribution in [0.1, 0.15) is 43.5 Å². The minimum absolute atomic E-state index is 0.00744. The number of nitrogens with one attached hydrogen (secondary N) is 1. The van der Waals surface area contributed by atoms with Crippen molar-refractivity contribution in [3.05, 3.63) is 66.0 Å². The van der Waals surface area contributed by atoms with E-state index in [4.69, 9.17) is 4.98 Å². The molecule has 2 aromatic carbocycles. The van der Waals surface area contributed by atoms with Crippen LogP contribution in [0.4, 0.5) is 0 Å². The third kappa shape index (κ3) is 5.36. The van der Waals surface area contributed by atoms with Crippen molar-refractivity contribution >= 4 is 22.8 Å². The normalized spacial score (nSPS) is 14.4. The van der Waals surface area contributed by atoms with Crippen LogP contribution >= 0.6 is 0 Å². The Labute approximate surface area is 189 Å². The molecular formula is C26H32N4O2. The van der Waals surface area contributed by atoms with Crippen LogP contribution in [0.5, 0.6) is 0 Å². The molecule has 168 valence electrons. The lowest BCUT2D eigenvalue weighted by Crippen LogP contribution is -2.40. The number of amides is 2. The zero-order chi connectivity index (χ0) is 22.3. The number of imidazole rings is 1. The quantitative estimate of drug-likeness (QED) is 0.590. The van der Waals surface area contributed by atoms with Crippen molar-refractivity contribution in [3.63, 3.8) is 0 Å². The summed E-state index contributed by atoms with van der Waals surface area (Å²) in [6.45, 7) is 0.766. The minimum Gasteiger partial charge on any atom is -0.355 e. The summed E-state index contributed by atoms with van der Waals surface area (Å²) < 4.78 is 2.01. The summed E-state index contributed by atoms with van der Waals surface area (Å²) in [5.41, 5.74) is 2.84. The molecule has 0 unspecified atom stereocenters. The summed E-state index contributed by atoms with van der Waals surface area (Å²) >= 11 is 0. The molecule has 6 heteroatoms. The number of hydrogen-bond acceptors (Lipinski definition) is 3. The highest BCUT2D eigenvalue weighted by Crippen LogP contribution is 2.23. The molecule has 2 amide bonds. The molecule has 0 radical (unpaired) electrons. The molecule has 1 fully saturated rings. The second kappa shape index (κ2) is 10.4. The largest absolute Gasteiger partial charge is 0.355 e. The highest BCUT2D eigenvalue weighted by atomic mass is 16.2. The Morgan fingerprint density at radius 2 is 1.75 bits per heavy atom. The lowest BCUT2D eigenvalue weighted by molar-refractivity contribution is -0.133. The van der Waals surface area contributed by atoms with Gasteiger partial charge >= 0.3 is 0 Å². The lowest BCUT2D eigenvalue weighted by atomic mass is 9.94. The molecule has 4 rings (SSSR count). The second-order valence-electron chi connectivity index (χ2n) is 8.66. The van der Waals surface area contributed by atoms with Crippen LogP contribution in [0.2, 0.25) is 0 Å². The first-order valence-corrected chi connectivity index (χ1v) is 11.6. The minimum atomic E-state index is -0.00744. The van der Waals surface area contributed by atoms with E-state index < -0.39 is 0 Å². The smallest absolute Gasteiger partial charge is 0.242 e. The van der Waals surface area contributed by atoms with E-state index in [0.717, 1.165) is 35.3 Å². The number of hydrogen-bond donors (Lipinski definition) is 1. The number of rotatable bonds is 8. The van der Waals surface area contributed by atoms with E-state index in [1.165, 1.54) is 19.3 Å². The van der Waals surface area contributed by atoms with Crippen LogP contribution in [0.3, 0.4) is 0 Å². The molecule has 6 nitrogen and oxygen atoms in total. The summed E-state index contributed by atoms with van der Waals surface area (Å²) in [7, 11) is 1.93. The van der Waals surface area contributed by atoms with Crippen LogP contribution in [-0.2, 0) is 29.0 Å². The van der Waals surface area contributed by atoms with Gasteiger partial charge in [0.1, 0.15) is 12.4 Å². The van der Waals surface area contributed by atoms with Crippen molar-refractivity contribution in [2.24, 2.45) is 0 Å². The molecule has 0 bridgehead atoms. The Bertz CT molecular complexity index is 1050. The number of aromatic nitrogens is 2. The fraction of sp³-hybridized carbons (Fsp3) is 0.423. The van der Waals surface area contributed by atoms with Crippen LogP contribution in [0.15, 0.2) is 54.6 Å². The van der Waals surface area contributed by atoms with Crippen molar-refractivity contribution in [2.45, 2.75) is 57.5 Å². The number of likely N-dealkylation sites (N-methyl/N-ethyl adjacent to an activating group) is 1. The Hall–Kier alpha value is -3.15. The van der Waals surface area contributed by atoms with Crippen molar-refractivity contribution in [1.82, 2.24) is 19.8 Å². The van der Waals surface area contributed by atoms with E-state index in [-0.39, 0.29) is 18.4 Å². The van der Waals surface area contributed by atoms with Crippen LogP contribution < -0.4 is 5.32 Å². The summed E-state index contributed by atoms with van der Waals surface area (Å²) in [5.74, 6) is 0.943. The lowest BCUT2D eigenvalue weighted by Gasteiger charge is -2.31. The summed E-state index contributed by atoms with van der Waals surface area (Å²) in [4.78, 5) is 32.1. The molecule has 1 aliphatic rings. The second-order valence-corrected chi connectivity index (χ2v) is 8.66. The first-order valence-electron chi connectivity index (χ1n) is 11.6. The summed E-state index contributed by atoms with van der Waals surface area (Å²) in [6, 6.07) is 18.0. The van der Waals surface area contributed by atoms with Gasteiger partial charge < -0.3 is 14.8 Å². The average Bonchev–Trinajstić information content (AvgIpc) is 3.17. The third-order valence-electron chi connectivity index (χ3n) is 6.42. The molecule has 1 saturated carbocycles. The van der Waals surface area contributed by atoms with Crippen molar-refractivity contribution < 1.29 is 9.59 Å². The summed E-state index contributed by atoms with van der Waals surface area (Å²) in [6.07, 6.45) is 6.79. The molecule has 0 saturated heterocycles. The topological polar surface area (TPSA) is 67.2 Å². The van der Waals surface area contributed by atoms with Gasteiger partial charge in [-0.15, -0.1) is 0 Å². The van der Waals surface area contributed by atoms with Crippen LogP contribution in [0, 0.1) is 0 Å². The zero-order valence-electron chi connectivity index (χ0n) is 18.8. The zero-order valence-corrected chi connectivity index (χ0v) is 18.8. The predicted molar refractivity (Wildman–Crippen MR) is 126 cm³/mol. The molecule has 0 aliphatic heterocycles. The van der Waals surface area contributed by atoms with E-state index in [9.17, 15) is 9.59 Å². The number of carbonyl (C=O) groups is 2. The first-order chi connectivity index (χ1) is 15.6. The highest BCUT2D eigenvalue weighted by molar-refractivity contribution is 5.81. The Morgan fingerprint density at radius 1 is 1.03 bits per heavy atom. The molecule has 1 aromatic heterocycles. The molecule has 1 heterocycles. The third-order valence-corrected chi connectivity index (χ3v) is 6.42. The molecule has 1 N–H and O–H groups in total. The van der Waals surface area contributed by atoms with Gasteiger partial charge in [-0.3, -0.25) is 9.59 Å². The Morgan fingerprint density at radius 3 is 2.53 bits per heavy atom. The predicted octanol–water partition coefficient (Wildman–Crippen LogP) is 3.73. The highest BCUT2D eigenvalue weighted by Gasteiger charge is 2.23. The Kier molecular flexibility index (Phi) is 7.20. The monoisotopic (exact) mass is 432 g/mol. The van der Waals surface area contributed by atoms with Gasteiger partial charge in [0, 0.05) is 26.1 Å². The number of nitrogens with zero attached hydrogens (tertiary/aromatic N) is 3. The van der Waals surface area contributed by atoms with Gasteiger partial charge in [0.05, 0.1) is 17.5 Å². The maximum absolute atomic E-state index is 13.1. The molecule has 0 spiro atoms.